The molecule has 0 spiro atoms. The molecule has 0 bridgehead atoms. The van der Waals surface area contributed by atoms with Crippen LogP contribution in [0.2, 0.25) is 0 Å². The number of benzene rings is 2. The average molecular weight is 481 g/mol. The molecule has 34 heavy (non-hydrogen) atoms. The Bertz CT molecular complexity index is 1070. The van der Waals surface area contributed by atoms with Crippen LogP contribution in [0.4, 0.5) is 24.5 Å². The molecular formula is C22H22F3N3O6. The van der Waals surface area contributed by atoms with Crippen molar-refractivity contribution in [3.8, 4) is 0 Å². The van der Waals surface area contributed by atoms with Gasteiger partial charge in [-0.25, -0.2) is 4.79 Å². The van der Waals surface area contributed by atoms with Crippen molar-refractivity contribution in [1.29, 1.82) is 0 Å². The lowest BCUT2D eigenvalue weighted by atomic mass is 10.0. The molecular weight excluding hydrogens is 459 g/mol. The predicted molar refractivity (Wildman–Crippen MR) is 115 cm³/mol. The van der Waals surface area contributed by atoms with Crippen molar-refractivity contribution in [3.05, 3.63) is 69.8 Å². The third-order valence-corrected chi connectivity index (χ3v) is 4.68. The predicted octanol–water partition coefficient (Wildman–Crippen LogP) is 3.94. The van der Waals surface area contributed by atoms with E-state index in [0.717, 1.165) is 19.1 Å². The number of non-ortho nitro benzene ring substituents is 1. The zero-order chi connectivity index (χ0) is 25.6. The van der Waals surface area contributed by atoms with Crippen molar-refractivity contribution in [2.45, 2.75) is 39.1 Å². The summed E-state index contributed by atoms with van der Waals surface area (Å²) in [6.45, 7) is 4.41. The van der Waals surface area contributed by atoms with Crippen LogP contribution in [0.1, 0.15) is 36.7 Å². The number of nitrogens with zero attached hydrogens (tertiary/aromatic N) is 1. The number of alkyl halides is 3. The smallest absolute Gasteiger partial charge is 0.418 e. The van der Waals surface area contributed by atoms with Gasteiger partial charge in [0.25, 0.3) is 17.5 Å². The standard InChI is InChI=1S/C22H22F3N3O6/c1-12(2)18(27-20(30)14-7-5-4-6-8-14)21(31)34-13(3)19(29)26-17-10-9-15(28(32)33)11-16(17)22(23,24)25/h4-13,18H,1-3H3,(H,26,29)(H,27,30)/t13?,18-/m0/s1. The Balaban J connectivity index is 2.13. The zero-order valence-electron chi connectivity index (χ0n) is 18.4. The minimum atomic E-state index is -4.99. The second-order valence-corrected chi connectivity index (χ2v) is 7.61. The molecule has 2 aromatic carbocycles. The van der Waals surface area contributed by atoms with Crippen LogP contribution in [0, 0.1) is 16.0 Å². The first-order valence-corrected chi connectivity index (χ1v) is 10.0. The third kappa shape index (κ3) is 6.77. The number of amides is 2. The number of hydrogen-bond donors (Lipinski definition) is 2. The second kappa shape index (κ2) is 10.8. The molecule has 0 aromatic heterocycles. The van der Waals surface area contributed by atoms with Crippen LogP contribution in [0.3, 0.4) is 0 Å². The normalized spacial score (nSPS) is 13.0. The Morgan fingerprint density at radius 1 is 1.03 bits per heavy atom. The van der Waals surface area contributed by atoms with Crippen molar-refractivity contribution in [2.24, 2.45) is 5.92 Å². The van der Waals surface area contributed by atoms with E-state index in [1.165, 1.54) is 12.1 Å². The number of rotatable bonds is 8. The number of carbonyl (C=O) groups excluding carboxylic acids is 3. The van der Waals surface area contributed by atoms with E-state index in [1.54, 1.807) is 32.0 Å². The number of halogens is 3. The van der Waals surface area contributed by atoms with Gasteiger partial charge in [-0.2, -0.15) is 13.2 Å². The van der Waals surface area contributed by atoms with E-state index >= 15 is 0 Å². The number of nitro benzene ring substituents is 1. The van der Waals surface area contributed by atoms with Crippen molar-refractivity contribution < 1.29 is 37.2 Å². The fraction of sp³-hybridized carbons (Fsp3) is 0.318. The number of nitro groups is 1. The molecule has 0 aliphatic carbocycles. The fourth-order valence-corrected chi connectivity index (χ4v) is 2.84. The molecule has 0 radical (unpaired) electrons. The van der Waals surface area contributed by atoms with E-state index in [4.69, 9.17) is 4.74 Å². The van der Waals surface area contributed by atoms with E-state index in [2.05, 4.69) is 5.32 Å². The molecule has 182 valence electrons. The van der Waals surface area contributed by atoms with Gasteiger partial charge >= 0.3 is 12.1 Å². The summed E-state index contributed by atoms with van der Waals surface area (Å²) in [5, 5.41) is 15.3. The lowest BCUT2D eigenvalue weighted by molar-refractivity contribution is -0.385. The Hall–Kier alpha value is -3.96. The fourth-order valence-electron chi connectivity index (χ4n) is 2.84. The van der Waals surface area contributed by atoms with Gasteiger partial charge in [-0.05, 0) is 31.0 Å². The minimum absolute atomic E-state index is 0.292. The van der Waals surface area contributed by atoms with E-state index in [9.17, 15) is 37.7 Å². The summed E-state index contributed by atoms with van der Waals surface area (Å²) in [7, 11) is 0. The topological polar surface area (TPSA) is 128 Å². The number of ether oxygens (including phenoxy) is 1. The van der Waals surface area contributed by atoms with Crippen molar-refractivity contribution >= 4 is 29.2 Å². The van der Waals surface area contributed by atoms with E-state index in [1.807, 2.05) is 5.32 Å². The molecule has 2 atom stereocenters. The van der Waals surface area contributed by atoms with Crippen LogP contribution in [0.5, 0.6) is 0 Å². The van der Waals surface area contributed by atoms with E-state index in [0.29, 0.717) is 11.6 Å². The van der Waals surface area contributed by atoms with Gasteiger partial charge in [-0.1, -0.05) is 32.0 Å². The van der Waals surface area contributed by atoms with Gasteiger partial charge in [-0.3, -0.25) is 19.7 Å². The van der Waals surface area contributed by atoms with Crippen LogP contribution in [-0.4, -0.2) is 34.9 Å². The molecule has 0 aliphatic heterocycles. The summed E-state index contributed by atoms with van der Waals surface area (Å²) < 4.78 is 45.0. The summed E-state index contributed by atoms with van der Waals surface area (Å²) in [6.07, 6.45) is -6.52. The minimum Gasteiger partial charge on any atom is -0.451 e. The summed E-state index contributed by atoms with van der Waals surface area (Å²) in [4.78, 5) is 47.2. The highest BCUT2D eigenvalue weighted by molar-refractivity contribution is 5.98. The molecule has 1 unspecified atom stereocenters. The monoisotopic (exact) mass is 481 g/mol. The summed E-state index contributed by atoms with van der Waals surface area (Å²) in [5.74, 6) is -3.03. The zero-order valence-corrected chi connectivity index (χ0v) is 18.4. The van der Waals surface area contributed by atoms with Gasteiger partial charge in [-0.15, -0.1) is 0 Å². The van der Waals surface area contributed by atoms with Gasteiger partial charge in [0, 0.05) is 17.7 Å². The molecule has 0 fully saturated rings. The van der Waals surface area contributed by atoms with Crippen LogP contribution < -0.4 is 10.6 Å². The first-order valence-electron chi connectivity index (χ1n) is 10.0. The van der Waals surface area contributed by atoms with Gasteiger partial charge in [0.2, 0.25) is 0 Å². The van der Waals surface area contributed by atoms with Gasteiger partial charge in [0.1, 0.15) is 6.04 Å². The third-order valence-electron chi connectivity index (χ3n) is 4.68. The maximum atomic E-state index is 13.3. The SMILES string of the molecule is CC(OC(=O)[C@@H](NC(=O)c1ccccc1)C(C)C)C(=O)Nc1ccc([N+](=O)[O-])cc1C(F)(F)F. The Morgan fingerprint density at radius 3 is 2.18 bits per heavy atom. The summed E-state index contributed by atoms with van der Waals surface area (Å²) in [5.41, 5.74) is -2.67. The largest absolute Gasteiger partial charge is 0.451 e. The van der Waals surface area contributed by atoms with Crippen LogP contribution in [0.25, 0.3) is 0 Å². The summed E-state index contributed by atoms with van der Waals surface area (Å²) in [6, 6.07) is 8.76. The van der Waals surface area contributed by atoms with Gasteiger partial charge in [0.15, 0.2) is 6.10 Å². The van der Waals surface area contributed by atoms with Crippen molar-refractivity contribution in [2.75, 3.05) is 5.32 Å². The number of hydrogen-bond acceptors (Lipinski definition) is 6. The number of esters is 1. The first kappa shape index (κ1) is 26.3. The average Bonchev–Trinajstić information content (AvgIpc) is 2.76. The molecule has 12 heteroatoms. The highest BCUT2D eigenvalue weighted by Gasteiger charge is 2.36. The molecule has 2 rings (SSSR count). The highest BCUT2D eigenvalue weighted by Crippen LogP contribution is 2.37. The number of carbonyl (C=O) groups is 3. The molecule has 9 nitrogen and oxygen atoms in total. The molecule has 0 saturated heterocycles. The second-order valence-electron chi connectivity index (χ2n) is 7.61. The van der Waals surface area contributed by atoms with Crippen LogP contribution >= 0.6 is 0 Å². The molecule has 0 saturated carbocycles. The maximum Gasteiger partial charge on any atom is 0.418 e. The van der Waals surface area contributed by atoms with Gasteiger partial charge in [0.05, 0.1) is 16.2 Å². The molecule has 0 heterocycles. The van der Waals surface area contributed by atoms with E-state index in [-0.39, 0.29) is 0 Å². The number of nitrogens with one attached hydrogen (secondary N) is 2. The lowest BCUT2D eigenvalue weighted by Gasteiger charge is -2.23. The Kier molecular flexibility index (Phi) is 8.33. The van der Waals surface area contributed by atoms with Crippen LogP contribution in [-0.2, 0) is 20.5 Å². The Labute approximate surface area is 192 Å². The number of anilines is 1. The lowest BCUT2D eigenvalue weighted by Crippen LogP contribution is -2.47. The molecule has 2 aromatic rings. The summed E-state index contributed by atoms with van der Waals surface area (Å²) >= 11 is 0. The van der Waals surface area contributed by atoms with Crippen LogP contribution in [0.15, 0.2) is 48.5 Å². The van der Waals surface area contributed by atoms with Gasteiger partial charge < -0.3 is 15.4 Å². The quantitative estimate of drug-likeness (QED) is 0.334. The first-order chi connectivity index (χ1) is 15.8. The molecule has 0 aliphatic rings. The molecule has 2 amide bonds. The Morgan fingerprint density at radius 2 is 1.65 bits per heavy atom. The van der Waals surface area contributed by atoms with Crippen molar-refractivity contribution in [1.82, 2.24) is 5.32 Å². The maximum absolute atomic E-state index is 13.3. The van der Waals surface area contributed by atoms with Crippen molar-refractivity contribution in [3.63, 3.8) is 0 Å². The molecule has 2 N–H and O–H groups in total. The highest BCUT2D eigenvalue weighted by atomic mass is 19.4. The van der Waals surface area contributed by atoms with E-state index < -0.39 is 63.9 Å².